The molecule has 1 aromatic carbocycles. The highest BCUT2D eigenvalue weighted by Gasteiger charge is 2.32. The Bertz CT molecular complexity index is 828. The van der Waals surface area contributed by atoms with Gasteiger partial charge in [0.1, 0.15) is 11.4 Å². The summed E-state index contributed by atoms with van der Waals surface area (Å²) in [7, 11) is 0. The number of carbonyl (C=O) groups is 3. The zero-order chi connectivity index (χ0) is 19.7. The second-order valence-electron chi connectivity index (χ2n) is 6.09. The van der Waals surface area contributed by atoms with Crippen molar-refractivity contribution in [3.63, 3.8) is 0 Å². The Kier molecular flexibility index (Phi) is 5.10. The predicted octanol–water partition coefficient (Wildman–Crippen LogP) is 1.12. The number of anilines is 1. The highest BCUT2D eigenvalue weighted by Crippen LogP contribution is 2.30. The van der Waals surface area contributed by atoms with Gasteiger partial charge in [0.2, 0.25) is 11.8 Å². The average molecular weight is 386 g/mol. The second kappa shape index (κ2) is 7.33. The lowest BCUT2D eigenvalue weighted by Crippen LogP contribution is -2.43. The van der Waals surface area contributed by atoms with Crippen molar-refractivity contribution < 1.29 is 31.9 Å². The van der Waals surface area contributed by atoms with Crippen LogP contribution in [0.15, 0.2) is 11.2 Å². The van der Waals surface area contributed by atoms with E-state index < -0.39 is 46.7 Å². The molecule has 3 amide bonds. The monoisotopic (exact) mass is 386 g/mol. The number of nitrogens with zero attached hydrogens (tertiary/aromatic N) is 2. The minimum Gasteiger partial charge on any atom is -0.352 e. The molecule has 1 heterocycles. The van der Waals surface area contributed by atoms with Crippen LogP contribution < -0.4 is 15.6 Å². The minimum atomic E-state index is -1.81. The Morgan fingerprint density at radius 1 is 1.11 bits per heavy atom. The third-order valence-corrected chi connectivity index (χ3v) is 3.95. The number of rotatable bonds is 5. The highest BCUT2D eigenvalue weighted by atomic mass is 19.2. The lowest BCUT2D eigenvalue weighted by molar-refractivity contribution is -0.123. The molecular formula is C16H14F4N4O3. The molecule has 144 valence electrons. The molecule has 0 atom stereocenters. The van der Waals surface area contributed by atoms with Gasteiger partial charge in [0.15, 0.2) is 23.3 Å². The van der Waals surface area contributed by atoms with Crippen LogP contribution in [0.1, 0.15) is 25.7 Å². The smallest absolute Gasteiger partial charge is 0.267 e. The predicted molar refractivity (Wildman–Crippen MR) is 84.6 cm³/mol. The van der Waals surface area contributed by atoms with Crippen LogP contribution in [-0.2, 0) is 14.4 Å². The Morgan fingerprint density at radius 2 is 1.74 bits per heavy atom. The van der Waals surface area contributed by atoms with E-state index in [4.69, 9.17) is 0 Å². The van der Waals surface area contributed by atoms with Gasteiger partial charge in [-0.1, -0.05) is 0 Å². The van der Waals surface area contributed by atoms with E-state index in [-0.39, 0.29) is 42.2 Å². The van der Waals surface area contributed by atoms with Crippen LogP contribution in [0.3, 0.4) is 0 Å². The maximum Gasteiger partial charge on any atom is 0.267 e. The first kappa shape index (κ1) is 18.8. The summed E-state index contributed by atoms with van der Waals surface area (Å²) < 4.78 is 54.6. The summed E-state index contributed by atoms with van der Waals surface area (Å²) in [6.45, 7) is -0.348. The molecular weight excluding hydrogens is 372 g/mol. The van der Waals surface area contributed by atoms with Crippen molar-refractivity contribution in [2.24, 2.45) is 5.10 Å². The van der Waals surface area contributed by atoms with Crippen molar-refractivity contribution in [3.8, 4) is 0 Å². The van der Waals surface area contributed by atoms with Gasteiger partial charge in [0.05, 0.1) is 6.54 Å². The summed E-state index contributed by atoms with van der Waals surface area (Å²) >= 11 is 0. The van der Waals surface area contributed by atoms with E-state index in [2.05, 4.69) is 15.7 Å². The van der Waals surface area contributed by atoms with Crippen molar-refractivity contribution in [3.05, 3.63) is 29.3 Å². The minimum absolute atomic E-state index is 0.00159. The van der Waals surface area contributed by atoms with Gasteiger partial charge < -0.3 is 10.6 Å². The summed E-state index contributed by atoms with van der Waals surface area (Å²) in [6, 6.07) is 0.0987. The van der Waals surface area contributed by atoms with E-state index in [1.54, 1.807) is 0 Å². The molecule has 7 nitrogen and oxygen atoms in total. The van der Waals surface area contributed by atoms with Gasteiger partial charge in [-0.25, -0.2) is 17.6 Å². The standard InChI is InChI=1S/C16H14F4N4O3/c17-8-5-9(18)14(20)15(13(8)19)24-12(26)4-3-10(23-24)16(27)21-6-11(25)22-7-1-2-7/h5,7H,1-4,6H2,(H,21,27)(H,22,25). The fourth-order valence-electron chi connectivity index (χ4n) is 2.41. The Labute approximate surface area is 150 Å². The van der Waals surface area contributed by atoms with Crippen molar-refractivity contribution in [2.75, 3.05) is 11.6 Å². The molecule has 1 aromatic rings. The molecule has 3 rings (SSSR count). The fraction of sp³-hybridized carbons (Fsp3) is 0.375. The molecule has 0 aromatic heterocycles. The summed E-state index contributed by atoms with van der Waals surface area (Å²) in [4.78, 5) is 35.6. The molecule has 1 fully saturated rings. The van der Waals surface area contributed by atoms with E-state index in [0.29, 0.717) is 0 Å². The van der Waals surface area contributed by atoms with Crippen LogP contribution in [-0.4, -0.2) is 36.0 Å². The zero-order valence-electron chi connectivity index (χ0n) is 13.8. The number of nitrogens with one attached hydrogen (secondary N) is 2. The second-order valence-corrected chi connectivity index (χ2v) is 6.09. The van der Waals surface area contributed by atoms with E-state index >= 15 is 0 Å². The van der Waals surface area contributed by atoms with Crippen molar-refractivity contribution in [2.45, 2.75) is 31.7 Å². The maximum atomic E-state index is 13.9. The molecule has 11 heteroatoms. The zero-order valence-corrected chi connectivity index (χ0v) is 13.8. The van der Waals surface area contributed by atoms with Gasteiger partial charge in [-0.05, 0) is 12.8 Å². The summed E-state index contributed by atoms with van der Waals surface area (Å²) in [5.74, 6) is -9.23. The van der Waals surface area contributed by atoms with E-state index in [9.17, 15) is 31.9 Å². The van der Waals surface area contributed by atoms with Crippen LogP contribution >= 0.6 is 0 Å². The molecule has 0 saturated heterocycles. The topological polar surface area (TPSA) is 90.9 Å². The average Bonchev–Trinajstić information content (AvgIpc) is 3.43. The molecule has 0 radical (unpaired) electrons. The van der Waals surface area contributed by atoms with Gasteiger partial charge in [0, 0.05) is 24.9 Å². The van der Waals surface area contributed by atoms with Crippen LogP contribution in [0.25, 0.3) is 0 Å². The fourth-order valence-corrected chi connectivity index (χ4v) is 2.41. The third kappa shape index (κ3) is 4.07. The Balaban J connectivity index is 1.79. The lowest BCUT2D eigenvalue weighted by Gasteiger charge is -2.24. The van der Waals surface area contributed by atoms with E-state index in [0.717, 1.165) is 12.8 Å². The number of amides is 3. The van der Waals surface area contributed by atoms with Gasteiger partial charge in [-0.2, -0.15) is 10.1 Å². The number of hydrogen-bond acceptors (Lipinski definition) is 4. The molecule has 0 spiro atoms. The Morgan fingerprint density at radius 3 is 2.33 bits per heavy atom. The molecule has 1 saturated carbocycles. The number of halogens is 4. The molecule has 0 bridgehead atoms. The molecule has 2 aliphatic rings. The molecule has 2 N–H and O–H groups in total. The van der Waals surface area contributed by atoms with E-state index in [1.807, 2.05) is 0 Å². The van der Waals surface area contributed by atoms with Gasteiger partial charge in [-0.3, -0.25) is 14.4 Å². The first-order valence-electron chi connectivity index (χ1n) is 8.09. The summed E-state index contributed by atoms with van der Waals surface area (Å²) in [5, 5.41) is 8.57. The summed E-state index contributed by atoms with van der Waals surface area (Å²) in [5.41, 5.74) is -1.65. The van der Waals surface area contributed by atoms with E-state index in [1.165, 1.54) is 0 Å². The van der Waals surface area contributed by atoms with Crippen LogP contribution in [0.4, 0.5) is 23.2 Å². The number of carbonyl (C=O) groups excluding carboxylic acids is 3. The first-order chi connectivity index (χ1) is 12.8. The van der Waals surface area contributed by atoms with Crippen LogP contribution in [0.2, 0.25) is 0 Å². The van der Waals surface area contributed by atoms with Crippen LogP contribution in [0, 0.1) is 23.3 Å². The van der Waals surface area contributed by atoms with Gasteiger partial charge in [-0.15, -0.1) is 0 Å². The third-order valence-electron chi connectivity index (χ3n) is 3.95. The molecule has 1 aliphatic heterocycles. The van der Waals surface area contributed by atoms with Crippen molar-refractivity contribution >= 4 is 29.1 Å². The largest absolute Gasteiger partial charge is 0.352 e. The van der Waals surface area contributed by atoms with Crippen molar-refractivity contribution in [1.29, 1.82) is 0 Å². The molecule has 1 aliphatic carbocycles. The first-order valence-corrected chi connectivity index (χ1v) is 8.09. The number of hydrazone groups is 1. The number of hydrogen-bond donors (Lipinski definition) is 2. The van der Waals surface area contributed by atoms with Gasteiger partial charge >= 0.3 is 0 Å². The highest BCUT2D eigenvalue weighted by molar-refractivity contribution is 6.40. The SMILES string of the molecule is O=C(CNC(=O)C1=NN(c2c(F)c(F)cc(F)c2F)C(=O)CC1)NC1CC1. The normalized spacial score (nSPS) is 16.8. The van der Waals surface area contributed by atoms with Crippen LogP contribution in [0.5, 0.6) is 0 Å². The van der Waals surface area contributed by atoms with Crippen molar-refractivity contribution in [1.82, 2.24) is 10.6 Å². The Hall–Kier alpha value is -2.98. The molecule has 27 heavy (non-hydrogen) atoms. The lowest BCUT2D eigenvalue weighted by atomic mass is 10.1. The maximum absolute atomic E-state index is 13.9. The van der Waals surface area contributed by atoms with Gasteiger partial charge in [0.25, 0.3) is 5.91 Å². The quantitative estimate of drug-likeness (QED) is 0.587. The molecule has 0 unspecified atom stereocenters. The summed E-state index contributed by atoms with van der Waals surface area (Å²) in [6.07, 6.45) is 1.21. The number of benzene rings is 1.